The highest BCUT2D eigenvalue weighted by molar-refractivity contribution is 7.92. The lowest BCUT2D eigenvalue weighted by molar-refractivity contribution is 0.0615. The van der Waals surface area contributed by atoms with Crippen molar-refractivity contribution in [2.45, 2.75) is 78.6 Å². The van der Waals surface area contributed by atoms with Crippen LogP contribution in [0.1, 0.15) is 76.0 Å². The first-order chi connectivity index (χ1) is 19.9. The molecule has 1 aromatic carbocycles. The molecule has 2 atom stereocenters. The molecule has 1 unspecified atom stereocenters. The summed E-state index contributed by atoms with van der Waals surface area (Å²) in [7, 11) is -2.55. The number of amides is 1. The number of carbonyl (C=O) groups is 1. The Bertz CT molecular complexity index is 1700. The summed E-state index contributed by atoms with van der Waals surface area (Å²) in [4.78, 5) is 29.8. The maximum atomic E-state index is 14.2. The zero-order chi connectivity index (χ0) is 30.5. The molecule has 0 N–H and O–H groups in total. The fraction of sp³-hybridized carbons (Fsp3) is 0.552. The van der Waals surface area contributed by atoms with Gasteiger partial charge in [0.1, 0.15) is 22.5 Å². The minimum absolute atomic E-state index is 0.0602. The van der Waals surface area contributed by atoms with E-state index in [4.69, 9.17) is 14.6 Å². The average Bonchev–Trinajstić information content (AvgIpc) is 3.30. The van der Waals surface area contributed by atoms with Crippen molar-refractivity contribution < 1.29 is 27.1 Å². The molecule has 1 amide bonds. The monoisotopic (exact) mass is 603 g/mol. The van der Waals surface area contributed by atoms with E-state index >= 15 is 0 Å². The fourth-order valence-electron chi connectivity index (χ4n) is 5.85. The summed E-state index contributed by atoms with van der Waals surface area (Å²) in [6.07, 6.45) is 1.21. The molecule has 0 radical (unpaired) electrons. The van der Waals surface area contributed by atoms with Gasteiger partial charge in [-0.05, 0) is 53.0 Å². The van der Waals surface area contributed by atoms with E-state index < -0.39 is 27.4 Å². The minimum atomic E-state index is -3.94. The number of fused-ring (bicyclic) bond motifs is 7. The van der Waals surface area contributed by atoms with Crippen molar-refractivity contribution in [2.75, 3.05) is 30.3 Å². The number of aromatic nitrogens is 3. The Kier molecular flexibility index (Phi) is 7.99. The van der Waals surface area contributed by atoms with Crippen molar-refractivity contribution in [3.05, 3.63) is 45.6 Å². The zero-order valence-electron chi connectivity index (χ0n) is 24.9. The van der Waals surface area contributed by atoms with Crippen LogP contribution in [0.5, 0.6) is 11.5 Å². The van der Waals surface area contributed by atoms with E-state index in [1.54, 1.807) is 16.4 Å². The molecule has 0 fully saturated rings. The second kappa shape index (κ2) is 11.2. The number of nitrogens with zero attached hydrogens (tertiary/aromatic N) is 5. The van der Waals surface area contributed by atoms with Gasteiger partial charge in [0.25, 0.3) is 11.5 Å². The molecule has 0 spiro atoms. The third-order valence-corrected chi connectivity index (χ3v) is 10.1. The first kappa shape index (κ1) is 29.9. The highest BCUT2D eigenvalue weighted by Crippen LogP contribution is 2.42. The summed E-state index contributed by atoms with van der Waals surface area (Å²) in [6.45, 7) is 9.87. The van der Waals surface area contributed by atoms with Gasteiger partial charge >= 0.3 is 0 Å². The van der Waals surface area contributed by atoms with Gasteiger partial charge < -0.3 is 18.9 Å². The van der Waals surface area contributed by atoms with Gasteiger partial charge in [0.2, 0.25) is 10.0 Å². The van der Waals surface area contributed by atoms with Crippen LogP contribution in [-0.2, 0) is 16.6 Å². The third-order valence-electron chi connectivity index (χ3n) is 8.13. The molecule has 2 aromatic heterocycles. The quantitative estimate of drug-likeness (QED) is 0.444. The molecule has 0 aliphatic carbocycles. The van der Waals surface area contributed by atoms with Crippen molar-refractivity contribution in [1.82, 2.24) is 19.2 Å². The highest BCUT2D eigenvalue weighted by atomic mass is 32.2. The zero-order valence-corrected chi connectivity index (χ0v) is 25.7. The smallest absolute Gasteiger partial charge is 0.280 e. The van der Waals surface area contributed by atoms with Gasteiger partial charge in [0, 0.05) is 36.3 Å². The number of anilines is 1. The number of methoxy groups -OCH3 is 1. The number of hydrogen-bond donors (Lipinski definition) is 0. The highest BCUT2D eigenvalue weighted by Gasteiger charge is 2.41. The molecule has 2 aliphatic heterocycles. The number of sulfonamides is 1. The third kappa shape index (κ3) is 4.91. The SMILES string of the molecule is CCC(C)N1c2nn(c(=O)c3c(OC)c4n(c23)[C@@H](C)CN(C(C)C)C4=O)Cc2ccc(F)cc2OCCCCS1(=O)=O. The summed E-state index contributed by atoms with van der Waals surface area (Å²) < 4.78 is 58.0. The van der Waals surface area contributed by atoms with E-state index in [1.165, 1.54) is 29.6 Å². The molecule has 0 saturated carbocycles. The standard InChI is InChI=1S/C29H38FN5O6S/c1-7-18(4)35-27-24-23(26(40-6)25-29(37)32(17(2)3)15-19(5)34(24)25)28(36)33(31-27)16-20-10-11-21(30)14-22(20)41-12-8-9-13-42(35,38)39/h10-11,14,17-19H,7-9,12-13,15-16H2,1-6H3/t18?,19-/m0/s1. The second-order valence-electron chi connectivity index (χ2n) is 11.3. The van der Waals surface area contributed by atoms with Crippen LogP contribution in [0, 0.1) is 5.82 Å². The first-order valence-electron chi connectivity index (χ1n) is 14.4. The Balaban J connectivity index is 1.92. The molecular formula is C29H38FN5O6S. The topological polar surface area (TPSA) is 116 Å². The predicted octanol–water partition coefficient (Wildman–Crippen LogP) is 3.93. The van der Waals surface area contributed by atoms with Gasteiger partial charge in [-0.15, -0.1) is 5.10 Å². The molecule has 228 valence electrons. The summed E-state index contributed by atoms with van der Waals surface area (Å²) >= 11 is 0. The molecule has 2 bridgehead atoms. The van der Waals surface area contributed by atoms with E-state index in [0.29, 0.717) is 31.4 Å². The van der Waals surface area contributed by atoms with E-state index in [9.17, 15) is 22.4 Å². The number of halogens is 1. The lowest BCUT2D eigenvalue weighted by Gasteiger charge is -2.36. The van der Waals surface area contributed by atoms with Gasteiger partial charge in [-0.3, -0.25) is 9.59 Å². The maximum Gasteiger partial charge on any atom is 0.280 e. The number of benzene rings is 1. The average molecular weight is 604 g/mol. The summed E-state index contributed by atoms with van der Waals surface area (Å²) in [5.74, 6) is -0.593. The summed E-state index contributed by atoms with van der Waals surface area (Å²) in [5.41, 5.74) is 0.384. The van der Waals surface area contributed by atoms with E-state index in [-0.39, 0.29) is 70.8 Å². The molecule has 42 heavy (non-hydrogen) atoms. The second-order valence-corrected chi connectivity index (χ2v) is 13.3. The number of hydrogen-bond acceptors (Lipinski definition) is 7. The van der Waals surface area contributed by atoms with Crippen molar-refractivity contribution in [3.8, 4) is 11.5 Å². The van der Waals surface area contributed by atoms with Crippen molar-refractivity contribution in [1.29, 1.82) is 0 Å². The molecule has 0 saturated heterocycles. The Morgan fingerprint density at radius 1 is 1.19 bits per heavy atom. The molecule has 2 aliphatic rings. The normalized spacial score (nSPS) is 19.8. The largest absolute Gasteiger partial charge is 0.493 e. The molecule has 5 rings (SSSR count). The van der Waals surface area contributed by atoms with E-state index in [0.717, 1.165) is 4.68 Å². The Morgan fingerprint density at radius 3 is 2.60 bits per heavy atom. The number of ether oxygens (including phenoxy) is 2. The lowest BCUT2D eigenvalue weighted by atomic mass is 10.1. The molecule has 11 nitrogen and oxygen atoms in total. The summed E-state index contributed by atoms with van der Waals surface area (Å²) in [6, 6.07) is 3.14. The van der Waals surface area contributed by atoms with Gasteiger partial charge in [0.15, 0.2) is 17.3 Å². The maximum absolute atomic E-state index is 14.2. The van der Waals surface area contributed by atoms with Crippen LogP contribution in [0.2, 0.25) is 0 Å². The fourth-order valence-corrected chi connectivity index (χ4v) is 7.70. The van der Waals surface area contributed by atoms with Gasteiger partial charge in [-0.25, -0.2) is 21.8 Å². The van der Waals surface area contributed by atoms with Crippen LogP contribution >= 0.6 is 0 Å². The van der Waals surface area contributed by atoms with Gasteiger partial charge in [-0.2, -0.15) is 0 Å². The van der Waals surface area contributed by atoms with Crippen molar-refractivity contribution >= 4 is 32.7 Å². The first-order valence-corrected chi connectivity index (χ1v) is 16.0. The van der Waals surface area contributed by atoms with Crippen LogP contribution in [0.25, 0.3) is 10.9 Å². The molecule has 3 aromatic rings. The number of carbonyl (C=O) groups excluding carboxylic acids is 1. The predicted molar refractivity (Wildman–Crippen MR) is 158 cm³/mol. The van der Waals surface area contributed by atoms with Crippen LogP contribution in [0.4, 0.5) is 10.2 Å². The molecule has 4 heterocycles. The minimum Gasteiger partial charge on any atom is -0.493 e. The van der Waals surface area contributed by atoms with Crippen LogP contribution in [0.15, 0.2) is 23.0 Å². The molecule has 13 heteroatoms. The van der Waals surface area contributed by atoms with E-state index in [2.05, 4.69) is 0 Å². The van der Waals surface area contributed by atoms with E-state index in [1.807, 2.05) is 27.7 Å². The lowest BCUT2D eigenvalue weighted by Crippen LogP contribution is -2.46. The Hall–Kier alpha value is -3.61. The van der Waals surface area contributed by atoms with Crippen LogP contribution < -0.4 is 19.3 Å². The Morgan fingerprint density at radius 2 is 1.93 bits per heavy atom. The van der Waals surface area contributed by atoms with Gasteiger partial charge in [-0.1, -0.05) is 13.0 Å². The van der Waals surface area contributed by atoms with Crippen molar-refractivity contribution in [3.63, 3.8) is 0 Å². The molecular weight excluding hydrogens is 565 g/mol. The van der Waals surface area contributed by atoms with Crippen LogP contribution in [0.3, 0.4) is 0 Å². The summed E-state index contributed by atoms with van der Waals surface area (Å²) in [5, 5.41) is 4.78. The number of rotatable bonds is 4. The Labute approximate surface area is 244 Å². The van der Waals surface area contributed by atoms with Crippen LogP contribution in [-0.4, -0.2) is 71.7 Å². The van der Waals surface area contributed by atoms with Gasteiger partial charge in [0.05, 0.1) is 26.0 Å². The van der Waals surface area contributed by atoms with Crippen molar-refractivity contribution in [2.24, 2.45) is 0 Å².